The second-order valence-electron chi connectivity index (χ2n) is 9.50. The second-order valence-corrected chi connectivity index (χ2v) is 9.50. The van der Waals surface area contributed by atoms with E-state index >= 15 is 0 Å². The van der Waals surface area contributed by atoms with Gasteiger partial charge in [-0.2, -0.15) is 0 Å². The SMILES string of the molecule is O=[N+]([O-])c1cccc(-c2nc(-c3ccc(C#Cc4ccccc4)cc3)[nH]c2-c2ccc(C#Cc3ccccc3)cc2)c1. The number of nitro benzene ring substituents is 1. The summed E-state index contributed by atoms with van der Waals surface area (Å²) in [5.41, 5.74) is 7.50. The molecule has 0 fully saturated rings. The lowest BCUT2D eigenvalue weighted by atomic mass is 10.0. The number of nitrogens with one attached hydrogen (secondary N) is 1. The molecule has 0 aliphatic carbocycles. The van der Waals surface area contributed by atoms with E-state index in [0.29, 0.717) is 17.1 Å². The predicted molar refractivity (Wildman–Crippen MR) is 166 cm³/mol. The van der Waals surface area contributed by atoms with Crippen molar-refractivity contribution in [1.82, 2.24) is 9.97 Å². The Morgan fingerprint density at radius 2 is 1.05 bits per heavy atom. The van der Waals surface area contributed by atoms with Crippen molar-refractivity contribution in [2.24, 2.45) is 0 Å². The Kier molecular flexibility index (Phi) is 7.40. The first-order valence-corrected chi connectivity index (χ1v) is 13.3. The van der Waals surface area contributed by atoms with Crippen LogP contribution in [0, 0.1) is 33.8 Å². The summed E-state index contributed by atoms with van der Waals surface area (Å²) in [6, 6.07) is 42.0. The summed E-state index contributed by atoms with van der Waals surface area (Å²) in [7, 11) is 0. The number of hydrogen-bond donors (Lipinski definition) is 1. The highest BCUT2D eigenvalue weighted by molar-refractivity contribution is 5.82. The third-order valence-corrected chi connectivity index (χ3v) is 6.62. The van der Waals surface area contributed by atoms with Crippen LogP contribution in [0.5, 0.6) is 0 Å². The number of hydrogen-bond acceptors (Lipinski definition) is 3. The number of aromatic amines is 1. The van der Waals surface area contributed by atoms with Gasteiger partial charge in [0.2, 0.25) is 0 Å². The number of benzene rings is 5. The molecular formula is C37H23N3O2. The first-order chi connectivity index (χ1) is 20.6. The smallest absolute Gasteiger partial charge is 0.270 e. The summed E-state index contributed by atoms with van der Waals surface area (Å²) in [6.45, 7) is 0. The van der Waals surface area contributed by atoms with Gasteiger partial charge in [0, 0.05) is 51.1 Å². The molecule has 5 heteroatoms. The molecule has 6 rings (SSSR count). The van der Waals surface area contributed by atoms with E-state index in [1.165, 1.54) is 6.07 Å². The maximum Gasteiger partial charge on any atom is 0.270 e. The molecule has 0 unspecified atom stereocenters. The molecule has 1 heterocycles. The van der Waals surface area contributed by atoms with Crippen LogP contribution in [-0.4, -0.2) is 14.9 Å². The first kappa shape index (κ1) is 26.1. The van der Waals surface area contributed by atoms with Crippen molar-refractivity contribution in [2.75, 3.05) is 0 Å². The number of aromatic nitrogens is 2. The second kappa shape index (κ2) is 11.9. The Hall–Kier alpha value is -6.17. The summed E-state index contributed by atoms with van der Waals surface area (Å²) in [4.78, 5) is 19.5. The molecule has 198 valence electrons. The van der Waals surface area contributed by atoms with E-state index < -0.39 is 4.92 Å². The van der Waals surface area contributed by atoms with Crippen LogP contribution in [0.4, 0.5) is 5.69 Å². The largest absolute Gasteiger partial charge is 0.337 e. The van der Waals surface area contributed by atoms with E-state index in [4.69, 9.17) is 4.98 Å². The van der Waals surface area contributed by atoms with Crippen LogP contribution in [0.3, 0.4) is 0 Å². The van der Waals surface area contributed by atoms with E-state index in [9.17, 15) is 10.1 Å². The fraction of sp³-hybridized carbons (Fsp3) is 0. The molecule has 0 aliphatic rings. The molecule has 0 spiro atoms. The van der Waals surface area contributed by atoms with Gasteiger partial charge in [-0.25, -0.2) is 4.98 Å². The zero-order valence-corrected chi connectivity index (χ0v) is 22.4. The quantitative estimate of drug-likeness (QED) is 0.139. The monoisotopic (exact) mass is 541 g/mol. The normalized spacial score (nSPS) is 10.2. The number of H-pyrrole nitrogens is 1. The van der Waals surface area contributed by atoms with Crippen molar-refractivity contribution in [3.8, 4) is 57.6 Å². The van der Waals surface area contributed by atoms with Gasteiger partial charge >= 0.3 is 0 Å². The van der Waals surface area contributed by atoms with E-state index in [1.54, 1.807) is 12.1 Å². The molecule has 1 N–H and O–H groups in total. The minimum absolute atomic E-state index is 0.0101. The van der Waals surface area contributed by atoms with Crippen LogP contribution in [0.25, 0.3) is 33.9 Å². The first-order valence-electron chi connectivity index (χ1n) is 13.3. The predicted octanol–water partition coefficient (Wildman–Crippen LogP) is 8.12. The van der Waals surface area contributed by atoms with Crippen molar-refractivity contribution < 1.29 is 4.92 Å². The van der Waals surface area contributed by atoms with Gasteiger partial charge in [0.25, 0.3) is 5.69 Å². The highest BCUT2D eigenvalue weighted by atomic mass is 16.6. The Morgan fingerprint density at radius 1 is 0.548 bits per heavy atom. The van der Waals surface area contributed by atoms with E-state index in [-0.39, 0.29) is 5.69 Å². The molecule has 5 nitrogen and oxygen atoms in total. The lowest BCUT2D eigenvalue weighted by molar-refractivity contribution is -0.384. The summed E-state index contributed by atoms with van der Waals surface area (Å²) < 4.78 is 0. The van der Waals surface area contributed by atoms with Crippen LogP contribution in [0.15, 0.2) is 133 Å². The Morgan fingerprint density at radius 3 is 1.57 bits per heavy atom. The Labute approximate surface area is 243 Å². The molecule has 0 radical (unpaired) electrons. The molecule has 0 atom stereocenters. The lowest BCUT2D eigenvalue weighted by Gasteiger charge is -2.04. The average Bonchev–Trinajstić information content (AvgIpc) is 3.50. The number of nitrogens with zero attached hydrogens (tertiary/aromatic N) is 2. The maximum atomic E-state index is 11.5. The summed E-state index contributed by atoms with van der Waals surface area (Å²) in [6.07, 6.45) is 0. The third kappa shape index (κ3) is 6.02. The molecule has 0 bridgehead atoms. The molecule has 0 aliphatic heterocycles. The third-order valence-electron chi connectivity index (χ3n) is 6.62. The molecule has 5 aromatic carbocycles. The molecule has 6 aromatic rings. The van der Waals surface area contributed by atoms with Crippen molar-refractivity contribution in [2.45, 2.75) is 0 Å². The van der Waals surface area contributed by atoms with Gasteiger partial charge in [-0.05, 0) is 48.5 Å². The zero-order chi connectivity index (χ0) is 28.7. The highest BCUT2D eigenvalue weighted by Gasteiger charge is 2.17. The minimum Gasteiger partial charge on any atom is -0.337 e. The standard InChI is InChI=1S/C37H23N3O2/c41-40(42)34-13-7-12-33(26-34)36-35(31-22-18-29(19-23-31)16-14-27-8-3-1-4-9-27)38-37(39-36)32-24-20-30(21-25-32)17-15-28-10-5-2-6-11-28/h1-13,18-26H,(H,38,39). The molecule has 0 amide bonds. The van der Waals surface area contributed by atoms with Gasteiger partial charge in [0.1, 0.15) is 5.82 Å². The average molecular weight is 542 g/mol. The topological polar surface area (TPSA) is 71.8 Å². The van der Waals surface area contributed by atoms with Crippen molar-refractivity contribution in [1.29, 1.82) is 0 Å². The van der Waals surface area contributed by atoms with Crippen molar-refractivity contribution in [3.05, 3.63) is 166 Å². The van der Waals surface area contributed by atoms with E-state index in [1.807, 2.05) is 115 Å². The van der Waals surface area contributed by atoms with Gasteiger partial charge in [-0.1, -0.05) is 96.5 Å². The van der Waals surface area contributed by atoms with Crippen LogP contribution in [0.2, 0.25) is 0 Å². The molecule has 0 saturated carbocycles. The van der Waals surface area contributed by atoms with Crippen molar-refractivity contribution in [3.63, 3.8) is 0 Å². The maximum absolute atomic E-state index is 11.5. The van der Waals surface area contributed by atoms with Crippen LogP contribution in [0.1, 0.15) is 22.3 Å². The van der Waals surface area contributed by atoms with Crippen LogP contribution < -0.4 is 0 Å². The van der Waals surface area contributed by atoms with Gasteiger partial charge in [0.05, 0.1) is 16.3 Å². The van der Waals surface area contributed by atoms with Gasteiger partial charge < -0.3 is 4.98 Å². The summed E-state index contributed by atoms with van der Waals surface area (Å²) in [5, 5.41) is 11.5. The molecule has 0 saturated heterocycles. The number of nitro groups is 1. The highest BCUT2D eigenvalue weighted by Crippen LogP contribution is 2.34. The molecule has 42 heavy (non-hydrogen) atoms. The van der Waals surface area contributed by atoms with Gasteiger partial charge in [0.15, 0.2) is 0 Å². The summed E-state index contributed by atoms with van der Waals surface area (Å²) in [5.74, 6) is 13.4. The fourth-order valence-electron chi connectivity index (χ4n) is 4.46. The summed E-state index contributed by atoms with van der Waals surface area (Å²) >= 11 is 0. The van der Waals surface area contributed by atoms with E-state index in [0.717, 1.165) is 39.1 Å². The van der Waals surface area contributed by atoms with Gasteiger partial charge in [-0.3, -0.25) is 10.1 Å². The van der Waals surface area contributed by atoms with Gasteiger partial charge in [-0.15, -0.1) is 0 Å². The number of imidazole rings is 1. The lowest BCUT2D eigenvalue weighted by Crippen LogP contribution is -1.89. The van der Waals surface area contributed by atoms with Crippen LogP contribution >= 0.6 is 0 Å². The molecule has 1 aromatic heterocycles. The van der Waals surface area contributed by atoms with Crippen molar-refractivity contribution >= 4 is 5.69 Å². The number of rotatable bonds is 4. The Balaban J connectivity index is 1.35. The fourth-order valence-corrected chi connectivity index (χ4v) is 4.46. The van der Waals surface area contributed by atoms with E-state index in [2.05, 4.69) is 28.7 Å². The molecular weight excluding hydrogens is 518 g/mol. The Bertz CT molecular complexity index is 1990. The van der Waals surface area contributed by atoms with Crippen LogP contribution in [-0.2, 0) is 0 Å². The zero-order valence-electron chi connectivity index (χ0n) is 22.4. The minimum atomic E-state index is -0.397. The number of non-ortho nitro benzene ring substituents is 1.